The summed E-state index contributed by atoms with van der Waals surface area (Å²) in [7, 11) is 1.28. The van der Waals surface area contributed by atoms with Crippen molar-refractivity contribution >= 4 is 23.6 Å². The molecule has 0 radical (unpaired) electrons. The van der Waals surface area contributed by atoms with Gasteiger partial charge in [-0.25, -0.2) is 0 Å². The van der Waals surface area contributed by atoms with Crippen molar-refractivity contribution in [3.63, 3.8) is 0 Å². The van der Waals surface area contributed by atoms with E-state index in [1.807, 2.05) is 47.9 Å². The first-order valence-corrected chi connectivity index (χ1v) is 12.0. The topological polar surface area (TPSA) is 95.3 Å². The first-order chi connectivity index (χ1) is 16.2. The smallest absolute Gasteiger partial charge is 0.325 e. The second-order valence-electron chi connectivity index (χ2n) is 8.54. The molecule has 1 aromatic heterocycles. The molecule has 9 heteroatoms. The minimum Gasteiger partial charge on any atom is -0.494 e. The lowest BCUT2D eigenvalue weighted by Gasteiger charge is -2.19. The van der Waals surface area contributed by atoms with Crippen molar-refractivity contribution in [1.29, 1.82) is 0 Å². The molecule has 0 saturated heterocycles. The standard InChI is InChI=1S/C25H30N4O4S/c1-6-33-20-13-11-19(12-14-20)29-23(17-7-9-18(10-8-17)25(2,3)4)27-28-24(29)34-16-21(30)26-15-22(31)32-5/h7-14H,6,15-16H2,1-5H3,(H,26,30). The first-order valence-electron chi connectivity index (χ1n) is 11.0. The van der Waals surface area contributed by atoms with Gasteiger partial charge in [0.05, 0.1) is 19.5 Å². The number of thioether (sulfide) groups is 1. The number of nitrogens with zero attached hydrogens (tertiary/aromatic N) is 3. The summed E-state index contributed by atoms with van der Waals surface area (Å²) in [4.78, 5) is 23.5. The summed E-state index contributed by atoms with van der Waals surface area (Å²) in [6.07, 6.45) is 0. The monoisotopic (exact) mass is 482 g/mol. The summed E-state index contributed by atoms with van der Waals surface area (Å²) >= 11 is 1.24. The molecular formula is C25H30N4O4S. The number of nitrogens with one attached hydrogen (secondary N) is 1. The molecule has 3 rings (SSSR count). The molecule has 0 spiro atoms. The minimum absolute atomic E-state index is 0.0416. The Morgan fingerprint density at radius 2 is 1.71 bits per heavy atom. The van der Waals surface area contributed by atoms with Crippen LogP contribution >= 0.6 is 11.8 Å². The average molecular weight is 483 g/mol. The van der Waals surface area contributed by atoms with E-state index in [4.69, 9.17) is 4.74 Å². The predicted molar refractivity (Wildman–Crippen MR) is 132 cm³/mol. The Kier molecular flexibility index (Phi) is 8.33. The van der Waals surface area contributed by atoms with E-state index in [1.165, 1.54) is 24.4 Å². The molecule has 0 unspecified atom stereocenters. The van der Waals surface area contributed by atoms with Crippen LogP contribution in [0.1, 0.15) is 33.3 Å². The van der Waals surface area contributed by atoms with Crippen molar-refractivity contribution < 1.29 is 19.1 Å². The van der Waals surface area contributed by atoms with E-state index >= 15 is 0 Å². The fourth-order valence-corrected chi connectivity index (χ4v) is 3.97. The third-order valence-corrected chi connectivity index (χ3v) is 5.97. The molecule has 180 valence electrons. The molecule has 1 heterocycles. The summed E-state index contributed by atoms with van der Waals surface area (Å²) in [5, 5.41) is 11.9. The van der Waals surface area contributed by atoms with Gasteiger partial charge in [0.15, 0.2) is 11.0 Å². The quantitative estimate of drug-likeness (QED) is 0.364. The zero-order valence-corrected chi connectivity index (χ0v) is 20.9. The lowest BCUT2D eigenvalue weighted by atomic mass is 9.87. The van der Waals surface area contributed by atoms with Gasteiger partial charge in [0.1, 0.15) is 12.3 Å². The Morgan fingerprint density at radius 3 is 2.29 bits per heavy atom. The van der Waals surface area contributed by atoms with Gasteiger partial charge >= 0.3 is 5.97 Å². The molecule has 8 nitrogen and oxygen atoms in total. The zero-order chi connectivity index (χ0) is 24.7. The maximum atomic E-state index is 12.2. The van der Waals surface area contributed by atoms with Gasteiger partial charge < -0.3 is 14.8 Å². The molecule has 1 amide bonds. The number of carbonyl (C=O) groups is 2. The SMILES string of the molecule is CCOc1ccc(-n2c(SCC(=O)NCC(=O)OC)nnc2-c2ccc(C(C)(C)C)cc2)cc1. The zero-order valence-electron chi connectivity index (χ0n) is 20.1. The Bertz CT molecular complexity index is 1120. The average Bonchev–Trinajstić information content (AvgIpc) is 3.25. The van der Waals surface area contributed by atoms with E-state index in [1.54, 1.807) is 0 Å². The molecule has 0 bridgehead atoms. The maximum absolute atomic E-state index is 12.2. The van der Waals surface area contributed by atoms with Gasteiger partial charge in [0, 0.05) is 11.3 Å². The number of carbonyl (C=O) groups excluding carboxylic acids is 2. The molecule has 0 aliphatic heterocycles. The molecule has 3 aromatic rings. The van der Waals surface area contributed by atoms with Crippen LogP contribution in [0.2, 0.25) is 0 Å². The van der Waals surface area contributed by atoms with Crippen LogP contribution in [-0.4, -0.2) is 52.7 Å². The molecule has 0 saturated carbocycles. The van der Waals surface area contributed by atoms with Crippen molar-refractivity contribution in [3.05, 3.63) is 54.1 Å². The van der Waals surface area contributed by atoms with Gasteiger partial charge in [-0.2, -0.15) is 0 Å². The Labute approximate surface area is 204 Å². The summed E-state index contributed by atoms with van der Waals surface area (Å²) < 4.78 is 12.0. The van der Waals surface area contributed by atoms with Crippen molar-refractivity contribution in [2.24, 2.45) is 0 Å². The number of rotatable bonds is 9. The number of benzene rings is 2. The van der Waals surface area contributed by atoms with Gasteiger partial charge in [0.25, 0.3) is 0 Å². The third kappa shape index (κ3) is 6.38. The normalized spacial score (nSPS) is 11.2. The van der Waals surface area contributed by atoms with Gasteiger partial charge in [0.2, 0.25) is 5.91 Å². The Hall–Kier alpha value is -3.33. The van der Waals surface area contributed by atoms with E-state index in [0.717, 1.165) is 17.0 Å². The van der Waals surface area contributed by atoms with E-state index < -0.39 is 5.97 Å². The molecular weight excluding hydrogens is 452 g/mol. The maximum Gasteiger partial charge on any atom is 0.325 e. The number of hydrogen-bond acceptors (Lipinski definition) is 7. The van der Waals surface area contributed by atoms with Crippen LogP contribution in [-0.2, 0) is 19.7 Å². The molecule has 0 aliphatic carbocycles. The van der Waals surface area contributed by atoms with Gasteiger partial charge in [-0.15, -0.1) is 10.2 Å². The lowest BCUT2D eigenvalue weighted by Crippen LogP contribution is -2.31. The van der Waals surface area contributed by atoms with Crippen molar-refractivity contribution in [1.82, 2.24) is 20.1 Å². The van der Waals surface area contributed by atoms with Crippen LogP contribution in [0.5, 0.6) is 5.75 Å². The number of aromatic nitrogens is 3. The van der Waals surface area contributed by atoms with E-state index in [9.17, 15) is 9.59 Å². The fourth-order valence-electron chi connectivity index (χ4n) is 3.18. The molecule has 0 fully saturated rings. The lowest BCUT2D eigenvalue weighted by molar-refractivity contribution is -0.140. The van der Waals surface area contributed by atoms with Crippen LogP contribution in [0.15, 0.2) is 53.7 Å². The Morgan fingerprint density at radius 1 is 1.03 bits per heavy atom. The second-order valence-corrected chi connectivity index (χ2v) is 9.48. The second kappa shape index (κ2) is 11.2. The summed E-state index contributed by atoms with van der Waals surface area (Å²) in [6, 6.07) is 15.9. The molecule has 1 N–H and O–H groups in total. The first kappa shape index (κ1) is 25.3. The largest absolute Gasteiger partial charge is 0.494 e. The van der Waals surface area contributed by atoms with Crippen LogP contribution in [0.25, 0.3) is 17.1 Å². The highest BCUT2D eigenvalue weighted by atomic mass is 32.2. The highest BCUT2D eigenvalue weighted by Gasteiger charge is 2.19. The summed E-state index contributed by atoms with van der Waals surface area (Å²) in [5.74, 6) is 0.716. The van der Waals surface area contributed by atoms with E-state index in [-0.39, 0.29) is 23.6 Å². The number of esters is 1. The van der Waals surface area contributed by atoms with Crippen LogP contribution in [0.4, 0.5) is 0 Å². The van der Waals surface area contributed by atoms with Crippen molar-refractivity contribution in [3.8, 4) is 22.8 Å². The fraction of sp³-hybridized carbons (Fsp3) is 0.360. The minimum atomic E-state index is -0.503. The molecule has 0 aliphatic rings. The predicted octanol–water partition coefficient (Wildman–Crippen LogP) is 4.01. The van der Waals surface area contributed by atoms with E-state index in [0.29, 0.717) is 17.6 Å². The van der Waals surface area contributed by atoms with Gasteiger partial charge in [-0.05, 0) is 42.2 Å². The van der Waals surface area contributed by atoms with Crippen molar-refractivity contribution in [2.45, 2.75) is 38.3 Å². The van der Waals surface area contributed by atoms with Gasteiger partial charge in [-0.1, -0.05) is 56.8 Å². The number of ether oxygens (including phenoxy) is 2. The summed E-state index contributed by atoms with van der Waals surface area (Å²) in [5.41, 5.74) is 3.03. The highest BCUT2D eigenvalue weighted by molar-refractivity contribution is 7.99. The molecule has 2 aromatic carbocycles. The highest BCUT2D eigenvalue weighted by Crippen LogP contribution is 2.30. The van der Waals surface area contributed by atoms with Gasteiger partial charge in [-0.3, -0.25) is 14.2 Å². The number of amides is 1. The number of hydrogen-bond donors (Lipinski definition) is 1. The van der Waals surface area contributed by atoms with Crippen molar-refractivity contribution in [2.75, 3.05) is 26.0 Å². The summed E-state index contributed by atoms with van der Waals surface area (Å²) in [6.45, 7) is 8.86. The molecule has 34 heavy (non-hydrogen) atoms. The van der Waals surface area contributed by atoms with E-state index in [2.05, 4.69) is 53.2 Å². The Balaban J connectivity index is 1.91. The third-order valence-electron chi connectivity index (χ3n) is 5.04. The van der Waals surface area contributed by atoms with Crippen LogP contribution < -0.4 is 10.1 Å². The molecule has 0 atom stereocenters. The van der Waals surface area contributed by atoms with Crippen LogP contribution in [0, 0.1) is 0 Å². The van der Waals surface area contributed by atoms with Crippen LogP contribution in [0.3, 0.4) is 0 Å². The number of methoxy groups -OCH3 is 1.